The molecule has 0 spiro atoms. The Balaban J connectivity index is 1.95. The Morgan fingerprint density at radius 2 is 2.31 bits per heavy atom. The Labute approximate surface area is 153 Å². The van der Waals surface area contributed by atoms with Gasteiger partial charge in [-0.2, -0.15) is 5.10 Å². The van der Waals surface area contributed by atoms with Gasteiger partial charge in [-0.05, 0) is 20.8 Å². The molecule has 142 valence electrons. The normalized spacial score (nSPS) is 19.4. The van der Waals surface area contributed by atoms with Gasteiger partial charge in [0.25, 0.3) is 5.91 Å². The van der Waals surface area contributed by atoms with Gasteiger partial charge < -0.3 is 19.4 Å². The van der Waals surface area contributed by atoms with Crippen molar-refractivity contribution in [1.82, 2.24) is 24.6 Å². The highest BCUT2D eigenvalue weighted by Crippen LogP contribution is 2.32. The number of carbonyl (C=O) groups is 1. The molecule has 1 aliphatic heterocycles. The summed E-state index contributed by atoms with van der Waals surface area (Å²) in [6.45, 7) is 8.00. The molecule has 3 heterocycles. The van der Waals surface area contributed by atoms with Crippen molar-refractivity contribution in [3.63, 3.8) is 0 Å². The molecule has 0 aliphatic carbocycles. The fraction of sp³-hybridized carbons (Fsp3) is 0.611. The second kappa shape index (κ2) is 8.01. The smallest absolute Gasteiger partial charge is 0.272 e. The van der Waals surface area contributed by atoms with Gasteiger partial charge in [-0.3, -0.25) is 9.48 Å². The fourth-order valence-electron chi connectivity index (χ4n) is 3.43. The zero-order valence-corrected chi connectivity index (χ0v) is 15.9. The van der Waals surface area contributed by atoms with Gasteiger partial charge in [0.15, 0.2) is 0 Å². The molecule has 8 nitrogen and oxygen atoms in total. The number of ether oxygens (including phenoxy) is 2. The van der Waals surface area contributed by atoms with Crippen LogP contribution in [-0.4, -0.2) is 56.9 Å². The van der Waals surface area contributed by atoms with Crippen LogP contribution in [-0.2, 0) is 29.0 Å². The molecule has 0 unspecified atom stereocenters. The molecule has 26 heavy (non-hydrogen) atoms. The summed E-state index contributed by atoms with van der Waals surface area (Å²) < 4.78 is 12.9. The predicted octanol–water partition coefficient (Wildman–Crippen LogP) is 1.94. The van der Waals surface area contributed by atoms with Crippen molar-refractivity contribution in [3.8, 4) is 0 Å². The minimum absolute atomic E-state index is 0.0460. The van der Waals surface area contributed by atoms with Gasteiger partial charge in [0.2, 0.25) is 0 Å². The molecule has 8 heteroatoms. The number of imidazole rings is 1. The van der Waals surface area contributed by atoms with E-state index in [-0.39, 0.29) is 18.1 Å². The molecule has 2 atom stereocenters. The molecule has 0 saturated heterocycles. The van der Waals surface area contributed by atoms with Crippen molar-refractivity contribution in [2.75, 3.05) is 20.3 Å². The first-order valence-electron chi connectivity index (χ1n) is 9.06. The Hall–Kier alpha value is -2.19. The highest BCUT2D eigenvalue weighted by molar-refractivity contribution is 5.94. The molecule has 2 aromatic heterocycles. The van der Waals surface area contributed by atoms with E-state index in [2.05, 4.69) is 15.1 Å². The number of carbonyl (C=O) groups excluding carboxylic acids is 1. The molecule has 0 fully saturated rings. The number of aromatic amines is 1. The molecule has 1 N–H and O–H groups in total. The zero-order valence-electron chi connectivity index (χ0n) is 15.9. The molecule has 0 bridgehead atoms. The lowest BCUT2D eigenvalue weighted by Crippen LogP contribution is -2.36. The summed E-state index contributed by atoms with van der Waals surface area (Å²) in [4.78, 5) is 22.5. The second-order valence-electron chi connectivity index (χ2n) is 6.58. The summed E-state index contributed by atoms with van der Waals surface area (Å²) in [6, 6.07) is 0. The van der Waals surface area contributed by atoms with E-state index < -0.39 is 0 Å². The number of methoxy groups -OCH3 is 1. The van der Waals surface area contributed by atoms with Gasteiger partial charge in [0.05, 0.1) is 31.1 Å². The Morgan fingerprint density at radius 3 is 2.96 bits per heavy atom. The maximum Gasteiger partial charge on any atom is 0.272 e. The standard InChI is InChI=1S/C18H27N5O3/c1-5-23-17(14-10-12(2)26-13(3)16(14)21-23)18(24)22(8-9-25-4)11-15-19-6-7-20-15/h6-7,12-13H,5,8-11H2,1-4H3,(H,19,20)/t12-,13+/m0/s1. The van der Waals surface area contributed by atoms with E-state index in [1.54, 1.807) is 29.1 Å². The van der Waals surface area contributed by atoms with Crippen molar-refractivity contribution >= 4 is 5.91 Å². The highest BCUT2D eigenvalue weighted by Gasteiger charge is 2.33. The third-order valence-electron chi connectivity index (χ3n) is 4.64. The van der Waals surface area contributed by atoms with Crippen LogP contribution in [0.15, 0.2) is 12.4 Å². The average Bonchev–Trinajstić information content (AvgIpc) is 3.25. The maximum absolute atomic E-state index is 13.4. The van der Waals surface area contributed by atoms with Crippen molar-refractivity contribution < 1.29 is 14.3 Å². The van der Waals surface area contributed by atoms with E-state index in [1.165, 1.54) is 0 Å². The summed E-state index contributed by atoms with van der Waals surface area (Å²) in [5.74, 6) is 0.700. The number of fused-ring (bicyclic) bond motifs is 1. The van der Waals surface area contributed by atoms with E-state index in [4.69, 9.17) is 9.47 Å². The number of aryl methyl sites for hydroxylation is 1. The molecule has 0 aromatic carbocycles. The maximum atomic E-state index is 13.4. The average molecular weight is 361 g/mol. The number of hydrogen-bond donors (Lipinski definition) is 1. The highest BCUT2D eigenvalue weighted by atomic mass is 16.5. The van der Waals surface area contributed by atoms with Crippen LogP contribution in [0.3, 0.4) is 0 Å². The lowest BCUT2D eigenvalue weighted by atomic mass is 9.99. The van der Waals surface area contributed by atoms with Gasteiger partial charge in [-0.25, -0.2) is 4.98 Å². The first-order valence-corrected chi connectivity index (χ1v) is 9.06. The summed E-state index contributed by atoms with van der Waals surface area (Å²) in [5.41, 5.74) is 2.54. The number of amides is 1. The molecular formula is C18H27N5O3. The summed E-state index contributed by atoms with van der Waals surface area (Å²) in [5, 5.41) is 4.65. The number of H-pyrrole nitrogens is 1. The minimum atomic E-state index is -0.106. The SMILES string of the molecule is CCn1nc2c(c1C(=O)N(CCOC)Cc1ncc[nH]1)C[C@H](C)O[C@@H]2C. The summed E-state index contributed by atoms with van der Waals surface area (Å²) in [7, 11) is 1.63. The number of aromatic nitrogens is 4. The molecule has 2 aromatic rings. The van der Waals surface area contributed by atoms with Gasteiger partial charge in [-0.15, -0.1) is 0 Å². The number of rotatable bonds is 7. The van der Waals surface area contributed by atoms with E-state index in [0.717, 1.165) is 17.1 Å². The van der Waals surface area contributed by atoms with Crippen molar-refractivity contribution in [2.45, 2.75) is 52.5 Å². The third-order valence-corrected chi connectivity index (χ3v) is 4.64. The Kier molecular flexibility index (Phi) is 5.73. The van der Waals surface area contributed by atoms with Crippen LogP contribution < -0.4 is 0 Å². The topological polar surface area (TPSA) is 85.3 Å². The first kappa shape index (κ1) is 18.6. The number of nitrogens with one attached hydrogen (secondary N) is 1. The van der Waals surface area contributed by atoms with Gasteiger partial charge >= 0.3 is 0 Å². The molecule has 0 saturated carbocycles. The van der Waals surface area contributed by atoms with Crippen LogP contribution in [0.5, 0.6) is 0 Å². The minimum Gasteiger partial charge on any atom is -0.383 e. The van der Waals surface area contributed by atoms with Gasteiger partial charge in [0, 0.05) is 44.6 Å². The largest absolute Gasteiger partial charge is 0.383 e. The van der Waals surface area contributed by atoms with Crippen LogP contribution in [0.25, 0.3) is 0 Å². The summed E-state index contributed by atoms with van der Waals surface area (Å²) >= 11 is 0. The Bertz CT molecular complexity index is 740. The molecule has 3 rings (SSSR count). The Morgan fingerprint density at radius 1 is 1.50 bits per heavy atom. The molecule has 1 aliphatic rings. The van der Waals surface area contributed by atoms with Crippen molar-refractivity contribution in [2.24, 2.45) is 0 Å². The van der Waals surface area contributed by atoms with Crippen LogP contribution >= 0.6 is 0 Å². The molecule has 0 radical (unpaired) electrons. The van der Waals surface area contributed by atoms with Crippen LogP contribution in [0.1, 0.15) is 54.4 Å². The van der Waals surface area contributed by atoms with Crippen molar-refractivity contribution in [1.29, 1.82) is 0 Å². The zero-order chi connectivity index (χ0) is 18.7. The second-order valence-corrected chi connectivity index (χ2v) is 6.58. The molecule has 1 amide bonds. The molecular weight excluding hydrogens is 334 g/mol. The van der Waals surface area contributed by atoms with Gasteiger partial charge in [-0.1, -0.05) is 0 Å². The lowest BCUT2D eigenvalue weighted by Gasteiger charge is -2.26. The number of nitrogens with zero attached hydrogens (tertiary/aromatic N) is 4. The summed E-state index contributed by atoms with van der Waals surface area (Å²) in [6.07, 6.45) is 4.10. The van der Waals surface area contributed by atoms with E-state index in [9.17, 15) is 4.79 Å². The first-order chi connectivity index (χ1) is 12.5. The third kappa shape index (κ3) is 3.66. The van der Waals surface area contributed by atoms with Crippen LogP contribution in [0, 0.1) is 0 Å². The van der Waals surface area contributed by atoms with E-state index in [1.807, 2.05) is 20.8 Å². The lowest BCUT2D eigenvalue weighted by molar-refractivity contribution is -0.00717. The van der Waals surface area contributed by atoms with E-state index in [0.29, 0.717) is 38.4 Å². The number of hydrogen-bond acceptors (Lipinski definition) is 5. The van der Waals surface area contributed by atoms with Crippen molar-refractivity contribution in [3.05, 3.63) is 35.2 Å². The van der Waals surface area contributed by atoms with E-state index >= 15 is 0 Å². The fourth-order valence-corrected chi connectivity index (χ4v) is 3.43. The van der Waals surface area contributed by atoms with Crippen LogP contribution in [0.4, 0.5) is 0 Å². The quantitative estimate of drug-likeness (QED) is 0.814. The van der Waals surface area contributed by atoms with Crippen LogP contribution in [0.2, 0.25) is 0 Å². The van der Waals surface area contributed by atoms with Gasteiger partial charge in [0.1, 0.15) is 11.5 Å². The monoisotopic (exact) mass is 361 g/mol. The predicted molar refractivity (Wildman–Crippen MR) is 95.8 cm³/mol.